The van der Waals surface area contributed by atoms with Crippen LogP contribution in [0.3, 0.4) is 0 Å². The van der Waals surface area contributed by atoms with E-state index in [0.717, 1.165) is 44.0 Å². The molecule has 148 valence electrons. The van der Waals surface area contributed by atoms with Crippen molar-refractivity contribution in [1.82, 2.24) is 4.90 Å². The molecule has 0 saturated carbocycles. The Hall–Kier alpha value is -2.51. The Morgan fingerprint density at radius 1 is 1.25 bits per heavy atom. The molecule has 2 aliphatic rings. The van der Waals surface area contributed by atoms with Crippen LogP contribution in [0.25, 0.3) is 0 Å². The minimum atomic E-state index is -0.385. The smallest absolute Gasteiger partial charge is 0.292 e. The molecule has 28 heavy (non-hydrogen) atoms. The third-order valence-corrected chi connectivity index (χ3v) is 5.28. The standard InChI is InChI=1S/C20H22ClN3O4/c21-14-7-8-18(24(25)26)17(10-14)22-15-4-3-9-23(11-15)12-16-13-27-19-5-1-2-6-20(19)28-16/h1-2,5-8,10,15-16,22H,3-4,9,11-13H2. The molecule has 0 bridgehead atoms. The Bertz CT molecular complexity index is 863. The van der Waals surface area contributed by atoms with Crippen molar-refractivity contribution in [3.8, 4) is 11.5 Å². The number of nitrogens with zero attached hydrogens (tertiary/aromatic N) is 2. The minimum Gasteiger partial charge on any atom is -0.486 e. The van der Waals surface area contributed by atoms with Crippen LogP contribution in [0.4, 0.5) is 11.4 Å². The Kier molecular flexibility index (Phi) is 5.54. The number of ether oxygens (including phenoxy) is 2. The number of hydrogen-bond acceptors (Lipinski definition) is 6. The second-order valence-electron chi connectivity index (χ2n) is 7.16. The fourth-order valence-electron chi connectivity index (χ4n) is 3.78. The van der Waals surface area contributed by atoms with Crippen molar-refractivity contribution in [2.45, 2.75) is 25.0 Å². The first-order valence-electron chi connectivity index (χ1n) is 9.40. The maximum absolute atomic E-state index is 11.3. The van der Waals surface area contributed by atoms with Crippen LogP contribution in [0.1, 0.15) is 12.8 Å². The maximum Gasteiger partial charge on any atom is 0.292 e. The highest BCUT2D eigenvalue weighted by atomic mass is 35.5. The molecule has 1 saturated heterocycles. The molecule has 0 radical (unpaired) electrons. The number of halogens is 1. The number of fused-ring (bicyclic) bond motifs is 1. The molecular weight excluding hydrogens is 382 g/mol. The van der Waals surface area contributed by atoms with Gasteiger partial charge in [0, 0.05) is 30.2 Å². The number of nitro benzene ring substituents is 1. The number of hydrogen-bond donors (Lipinski definition) is 1. The number of benzene rings is 2. The van der Waals surface area contributed by atoms with Crippen molar-refractivity contribution in [3.05, 3.63) is 57.6 Å². The topological polar surface area (TPSA) is 76.9 Å². The van der Waals surface area contributed by atoms with Crippen molar-refractivity contribution in [2.75, 3.05) is 31.6 Å². The molecule has 8 heteroatoms. The van der Waals surface area contributed by atoms with Gasteiger partial charge in [0.25, 0.3) is 5.69 Å². The molecule has 0 amide bonds. The summed E-state index contributed by atoms with van der Waals surface area (Å²) in [5.41, 5.74) is 0.512. The first-order chi connectivity index (χ1) is 13.6. The number of likely N-dealkylation sites (tertiary alicyclic amines) is 1. The van der Waals surface area contributed by atoms with Crippen molar-refractivity contribution >= 4 is 23.0 Å². The van der Waals surface area contributed by atoms with E-state index in [2.05, 4.69) is 10.2 Å². The number of para-hydroxylation sites is 2. The molecule has 1 N–H and O–H groups in total. The third-order valence-electron chi connectivity index (χ3n) is 5.05. The summed E-state index contributed by atoms with van der Waals surface area (Å²) in [6.07, 6.45) is 1.93. The molecule has 2 heterocycles. The molecular formula is C20H22ClN3O4. The van der Waals surface area contributed by atoms with E-state index >= 15 is 0 Å². The Labute approximate surface area is 168 Å². The number of nitro groups is 1. The van der Waals surface area contributed by atoms with Gasteiger partial charge in [-0.25, -0.2) is 0 Å². The normalized spacial score (nSPS) is 21.9. The second kappa shape index (κ2) is 8.24. The van der Waals surface area contributed by atoms with Gasteiger partial charge >= 0.3 is 0 Å². The molecule has 2 atom stereocenters. The summed E-state index contributed by atoms with van der Waals surface area (Å²) in [5.74, 6) is 1.56. The molecule has 2 aromatic carbocycles. The van der Waals surface area contributed by atoms with Crippen LogP contribution >= 0.6 is 11.6 Å². The van der Waals surface area contributed by atoms with E-state index in [4.69, 9.17) is 21.1 Å². The van der Waals surface area contributed by atoms with Crippen LogP contribution in [0.15, 0.2) is 42.5 Å². The minimum absolute atomic E-state index is 0.0332. The number of nitrogens with one attached hydrogen (secondary N) is 1. The quantitative estimate of drug-likeness (QED) is 0.601. The first kappa shape index (κ1) is 18.8. The molecule has 2 aliphatic heterocycles. The van der Waals surface area contributed by atoms with E-state index in [-0.39, 0.29) is 22.8 Å². The van der Waals surface area contributed by atoms with Gasteiger partial charge in [0.05, 0.1) is 4.92 Å². The van der Waals surface area contributed by atoms with Gasteiger partial charge in [0.1, 0.15) is 18.4 Å². The maximum atomic E-state index is 11.3. The number of anilines is 1. The van der Waals surface area contributed by atoms with Gasteiger partial charge in [0.15, 0.2) is 11.5 Å². The van der Waals surface area contributed by atoms with Crippen LogP contribution in [0.2, 0.25) is 5.02 Å². The van der Waals surface area contributed by atoms with E-state index in [1.54, 1.807) is 6.07 Å². The lowest BCUT2D eigenvalue weighted by Crippen LogP contribution is -2.48. The summed E-state index contributed by atoms with van der Waals surface area (Å²) >= 11 is 6.03. The van der Waals surface area contributed by atoms with Gasteiger partial charge in [-0.3, -0.25) is 15.0 Å². The van der Waals surface area contributed by atoms with Gasteiger partial charge in [-0.05, 0) is 43.7 Å². The Morgan fingerprint density at radius 3 is 2.89 bits per heavy atom. The van der Waals surface area contributed by atoms with E-state index in [0.29, 0.717) is 17.3 Å². The zero-order chi connectivity index (χ0) is 19.5. The van der Waals surface area contributed by atoms with Gasteiger partial charge in [-0.1, -0.05) is 23.7 Å². The van der Waals surface area contributed by atoms with Crippen LogP contribution in [-0.4, -0.2) is 48.2 Å². The predicted molar refractivity (Wildman–Crippen MR) is 108 cm³/mol. The van der Waals surface area contributed by atoms with Gasteiger partial charge in [-0.15, -0.1) is 0 Å². The second-order valence-corrected chi connectivity index (χ2v) is 7.60. The van der Waals surface area contributed by atoms with E-state index in [1.807, 2.05) is 24.3 Å². The fraction of sp³-hybridized carbons (Fsp3) is 0.400. The van der Waals surface area contributed by atoms with Gasteiger partial charge < -0.3 is 14.8 Å². The summed E-state index contributed by atoms with van der Waals surface area (Å²) in [4.78, 5) is 13.2. The highest BCUT2D eigenvalue weighted by molar-refractivity contribution is 6.31. The average molecular weight is 404 g/mol. The largest absolute Gasteiger partial charge is 0.486 e. The zero-order valence-electron chi connectivity index (χ0n) is 15.3. The lowest BCUT2D eigenvalue weighted by molar-refractivity contribution is -0.384. The third kappa shape index (κ3) is 4.31. The van der Waals surface area contributed by atoms with Crippen molar-refractivity contribution in [1.29, 1.82) is 0 Å². The van der Waals surface area contributed by atoms with Crippen LogP contribution in [-0.2, 0) is 0 Å². The summed E-state index contributed by atoms with van der Waals surface area (Å²) in [7, 11) is 0. The van der Waals surface area contributed by atoms with Gasteiger partial charge in [-0.2, -0.15) is 0 Å². The van der Waals surface area contributed by atoms with Crippen molar-refractivity contribution in [2.24, 2.45) is 0 Å². The van der Waals surface area contributed by atoms with Crippen LogP contribution in [0, 0.1) is 10.1 Å². The summed E-state index contributed by atoms with van der Waals surface area (Å²) in [5, 5.41) is 15.1. The number of piperidine rings is 1. The molecule has 0 aromatic heterocycles. The SMILES string of the molecule is O=[N+]([O-])c1ccc(Cl)cc1NC1CCCN(CC2COc3ccccc3O2)C1. The molecule has 2 unspecified atom stereocenters. The Balaban J connectivity index is 1.38. The summed E-state index contributed by atoms with van der Waals surface area (Å²) < 4.78 is 11.9. The highest BCUT2D eigenvalue weighted by Crippen LogP contribution is 2.32. The molecule has 0 spiro atoms. The van der Waals surface area contributed by atoms with E-state index in [9.17, 15) is 10.1 Å². The zero-order valence-corrected chi connectivity index (χ0v) is 16.1. The van der Waals surface area contributed by atoms with Crippen LogP contribution < -0.4 is 14.8 Å². The Morgan fingerprint density at radius 2 is 2.07 bits per heavy atom. The molecule has 1 fully saturated rings. The van der Waals surface area contributed by atoms with Crippen LogP contribution in [0.5, 0.6) is 11.5 Å². The molecule has 7 nitrogen and oxygen atoms in total. The summed E-state index contributed by atoms with van der Waals surface area (Å²) in [6, 6.07) is 12.4. The lowest BCUT2D eigenvalue weighted by atomic mass is 10.0. The van der Waals surface area contributed by atoms with Crippen molar-refractivity contribution < 1.29 is 14.4 Å². The monoisotopic (exact) mass is 403 g/mol. The molecule has 2 aromatic rings. The fourth-order valence-corrected chi connectivity index (χ4v) is 3.96. The van der Waals surface area contributed by atoms with Crippen molar-refractivity contribution in [3.63, 3.8) is 0 Å². The first-order valence-corrected chi connectivity index (χ1v) is 9.77. The van der Waals surface area contributed by atoms with Gasteiger partial charge in [0.2, 0.25) is 0 Å². The summed E-state index contributed by atoms with van der Waals surface area (Å²) in [6.45, 7) is 3.03. The molecule has 0 aliphatic carbocycles. The van der Waals surface area contributed by atoms with E-state index in [1.165, 1.54) is 12.1 Å². The van der Waals surface area contributed by atoms with E-state index < -0.39 is 0 Å². The average Bonchev–Trinajstić information content (AvgIpc) is 2.68. The lowest BCUT2D eigenvalue weighted by Gasteiger charge is -2.36. The highest BCUT2D eigenvalue weighted by Gasteiger charge is 2.27. The molecule has 4 rings (SSSR count). The predicted octanol–water partition coefficient (Wildman–Crippen LogP) is 3.96. The number of rotatable bonds is 5.